The van der Waals surface area contributed by atoms with Gasteiger partial charge in [-0.1, -0.05) is 115 Å². The van der Waals surface area contributed by atoms with E-state index in [1.54, 1.807) is 14.2 Å². The normalized spacial score (nSPS) is 22.7. The Morgan fingerprint density at radius 3 is 1.68 bits per heavy atom. The molecule has 4 aliphatic rings. The summed E-state index contributed by atoms with van der Waals surface area (Å²) >= 11 is 0. The van der Waals surface area contributed by atoms with Crippen molar-refractivity contribution in [3.8, 4) is 11.5 Å². The van der Waals surface area contributed by atoms with Gasteiger partial charge in [-0.15, -0.1) is 0 Å². The third kappa shape index (κ3) is 13.6. The molecule has 10 heteroatoms. The third-order valence-corrected chi connectivity index (χ3v) is 30.9. The molecule has 0 aliphatic heterocycles. The quantitative estimate of drug-likeness (QED) is 0.155. The highest BCUT2D eigenvalue weighted by atomic mass is 28.4. The first-order valence-corrected chi connectivity index (χ1v) is 34.2. The number of allylic oxidation sites excluding steroid dienone is 1. The number of hydrogen-bond acceptors (Lipinski definition) is 7. The molecular weight excluding hydrogens is 893 g/mol. The molecule has 0 heterocycles. The highest BCUT2D eigenvalue weighted by Crippen LogP contribution is 2.53. The highest BCUT2D eigenvalue weighted by molar-refractivity contribution is 6.75. The second-order valence-electron chi connectivity index (χ2n) is 25.4. The minimum atomic E-state index is -2.10. The van der Waals surface area contributed by atoms with E-state index in [0.29, 0.717) is 41.7 Å². The number of methoxy groups -OCH3 is 2. The fourth-order valence-electron chi connectivity index (χ4n) is 9.89. The van der Waals surface area contributed by atoms with Gasteiger partial charge in [0.15, 0.2) is 30.7 Å². The average molecular weight is 994 g/mol. The van der Waals surface area contributed by atoms with Crippen LogP contribution in [0.15, 0.2) is 47.5 Å². The average Bonchev–Trinajstić information content (AvgIpc) is 3.70. The van der Waals surface area contributed by atoms with Gasteiger partial charge in [-0.3, -0.25) is 9.59 Å². The Kier molecular flexibility index (Phi) is 20.3. The zero-order valence-electron chi connectivity index (χ0n) is 45.1. The van der Waals surface area contributed by atoms with E-state index in [1.165, 1.54) is 27.8 Å². The monoisotopic (exact) mass is 993 g/mol. The molecule has 7 atom stereocenters. The Balaban J connectivity index is 0.000000359. The number of Topliss-reactive ketones (excluding diaryl/α,β-unsaturated/α-hetero) is 2. The van der Waals surface area contributed by atoms with Gasteiger partial charge in [-0.25, -0.2) is 0 Å². The molecule has 0 spiro atoms. The standard InChI is InChI=1S/C31H52O4Si2.C25H40O3Si.2CH4/c1-21(20-34-36(9,10)30(2,3)4)16-17-24-26(32)19-22-18-25-23(14-13-15-27(25)33-8)29(28(22)24)35-37(11,12)31(5,6)7;1-17(16-28-29(6,7)25(2,3)4)11-12-20-21-13-18-9-8-10-24(27-5)22(18)14-19(21)15-23(20)26;;/h13-15,21-22,29H,16-20H2,1-12H3;8-10,17,19-21H,11-16H2,1-7H3;2*1H4/t21-,22+,29-;17-,19+,20?,21+;;/m11../s1. The number of carbonyl (C=O) groups is 2. The summed E-state index contributed by atoms with van der Waals surface area (Å²) in [6.07, 6.45) is 7.93. The van der Waals surface area contributed by atoms with E-state index in [2.05, 4.69) is 146 Å². The molecule has 1 unspecified atom stereocenters. The number of ether oxygens (including phenoxy) is 2. The van der Waals surface area contributed by atoms with E-state index in [9.17, 15) is 9.59 Å². The summed E-state index contributed by atoms with van der Waals surface area (Å²) < 4.78 is 31.4. The maximum Gasteiger partial charge on any atom is 0.193 e. The Morgan fingerprint density at radius 1 is 0.632 bits per heavy atom. The number of carbonyl (C=O) groups excluding carboxylic acids is 2. The Hall–Kier alpha value is -2.35. The van der Waals surface area contributed by atoms with Crippen LogP contribution in [-0.2, 0) is 42.1 Å². The predicted octanol–water partition coefficient (Wildman–Crippen LogP) is 16.0. The maximum absolute atomic E-state index is 13.5. The molecule has 0 N–H and O–H groups in total. The molecule has 7 nitrogen and oxygen atoms in total. The lowest BCUT2D eigenvalue weighted by atomic mass is 9.73. The first kappa shape index (κ1) is 60.0. The summed E-state index contributed by atoms with van der Waals surface area (Å²) in [5.74, 6) is 5.07. The lowest BCUT2D eigenvalue weighted by molar-refractivity contribution is -0.121. The van der Waals surface area contributed by atoms with Gasteiger partial charge in [0, 0.05) is 37.5 Å². The van der Waals surface area contributed by atoms with Crippen LogP contribution in [0.25, 0.3) is 0 Å². The van der Waals surface area contributed by atoms with Gasteiger partial charge in [-0.2, -0.15) is 0 Å². The molecule has 0 radical (unpaired) electrons. The third-order valence-electron chi connectivity index (χ3n) is 17.5. The number of benzene rings is 2. The Morgan fingerprint density at radius 2 is 1.15 bits per heavy atom. The first-order chi connectivity index (χ1) is 30.4. The van der Waals surface area contributed by atoms with Gasteiger partial charge in [-0.05, 0) is 169 Å². The molecule has 1 fully saturated rings. The summed E-state index contributed by atoms with van der Waals surface area (Å²) in [5, 5.41) is 0.534. The highest BCUT2D eigenvalue weighted by Gasteiger charge is 2.48. The van der Waals surface area contributed by atoms with Crippen molar-refractivity contribution in [3.05, 3.63) is 69.8 Å². The summed E-state index contributed by atoms with van der Waals surface area (Å²) in [7, 11) is -2.09. The maximum atomic E-state index is 13.5. The van der Waals surface area contributed by atoms with Gasteiger partial charge in [0.05, 0.1) is 20.3 Å². The van der Waals surface area contributed by atoms with Crippen LogP contribution in [-0.4, -0.2) is 64.0 Å². The van der Waals surface area contributed by atoms with E-state index < -0.39 is 25.0 Å². The minimum Gasteiger partial charge on any atom is -0.496 e. The van der Waals surface area contributed by atoms with Crippen LogP contribution in [0.1, 0.15) is 158 Å². The summed E-state index contributed by atoms with van der Waals surface area (Å²) in [4.78, 5) is 26.3. The molecule has 0 saturated heterocycles. The molecule has 68 heavy (non-hydrogen) atoms. The Labute approximate surface area is 420 Å². The summed E-state index contributed by atoms with van der Waals surface area (Å²) in [6.45, 7) is 40.6. The zero-order chi connectivity index (χ0) is 49.4. The molecule has 4 aliphatic carbocycles. The second kappa shape index (κ2) is 23.0. The Bertz CT molecular complexity index is 2050. The molecule has 1 saturated carbocycles. The lowest BCUT2D eigenvalue weighted by Gasteiger charge is -2.43. The van der Waals surface area contributed by atoms with Crippen molar-refractivity contribution in [3.63, 3.8) is 0 Å². The van der Waals surface area contributed by atoms with Crippen LogP contribution in [0.5, 0.6) is 11.5 Å². The topological polar surface area (TPSA) is 80.3 Å². The van der Waals surface area contributed by atoms with E-state index in [-0.39, 0.29) is 47.9 Å². The molecule has 0 bridgehead atoms. The number of rotatable bonds is 16. The summed E-state index contributed by atoms with van der Waals surface area (Å²) in [6, 6.07) is 12.7. The fraction of sp³-hybridized carbons (Fsp3) is 0.724. The van der Waals surface area contributed by atoms with Crippen molar-refractivity contribution in [1.29, 1.82) is 0 Å². The van der Waals surface area contributed by atoms with Gasteiger partial charge in [0.2, 0.25) is 0 Å². The molecule has 0 aromatic heterocycles. The van der Waals surface area contributed by atoms with Crippen LogP contribution in [0.3, 0.4) is 0 Å². The number of fused-ring (bicyclic) bond motifs is 4. The van der Waals surface area contributed by atoms with Crippen molar-refractivity contribution in [2.24, 2.45) is 35.5 Å². The number of hydrogen-bond donors (Lipinski definition) is 0. The van der Waals surface area contributed by atoms with E-state index in [0.717, 1.165) is 81.7 Å². The SMILES string of the molecule is C.C.COc1cccc2c1C[C@H]1CC(=O)C(CC[C@@H](C)CO[Si](C)(C)C(C)(C)C)=C1[C@@H]2O[Si](C)(C)C(C)(C)C.COc1cccc2c1C[C@H]1CC(=O)C(CC[C@@H](C)CO[Si](C)(C)C(C)(C)C)[C@H]1C2. The van der Waals surface area contributed by atoms with Crippen molar-refractivity contribution in [2.75, 3.05) is 27.4 Å². The van der Waals surface area contributed by atoms with Crippen LogP contribution < -0.4 is 9.47 Å². The molecule has 2 aromatic rings. The molecule has 0 amide bonds. The second-order valence-corrected chi connectivity index (χ2v) is 39.8. The summed E-state index contributed by atoms with van der Waals surface area (Å²) in [5.41, 5.74) is 7.42. The van der Waals surface area contributed by atoms with Crippen LogP contribution >= 0.6 is 0 Å². The van der Waals surface area contributed by atoms with Crippen LogP contribution in [0.4, 0.5) is 0 Å². The lowest BCUT2D eigenvalue weighted by Crippen LogP contribution is -2.43. The smallest absolute Gasteiger partial charge is 0.193 e. The van der Waals surface area contributed by atoms with Gasteiger partial charge in [0.1, 0.15) is 17.3 Å². The van der Waals surface area contributed by atoms with E-state index >= 15 is 0 Å². The largest absolute Gasteiger partial charge is 0.496 e. The van der Waals surface area contributed by atoms with Gasteiger partial charge < -0.3 is 22.8 Å². The number of ketones is 2. The van der Waals surface area contributed by atoms with Crippen molar-refractivity contribution in [1.82, 2.24) is 0 Å². The van der Waals surface area contributed by atoms with Crippen molar-refractivity contribution in [2.45, 2.75) is 209 Å². The van der Waals surface area contributed by atoms with E-state index in [4.69, 9.17) is 22.8 Å². The first-order valence-electron chi connectivity index (χ1n) is 25.5. The minimum absolute atomic E-state index is 0. The van der Waals surface area contributed by atoms with Crippen molar-refractivity contribution >= 4 is 36.5 Å². The van der Waals surface area contributed by atoms with E-state index in [1.807, 2.05) is 6.07 Å². The molecular formula is C58H100O7Si3. The van der Waals surface area contributed by atoms with Gasteiger partial charge >= 0.3 is 0 Å². The molecule has 2 aromatic carbocycles. The zero-order valence-corrected chi connectivity index (χ0v) is 48.1. The van der Waals surface area contributed by atoms with Crippen LogP contribution in [0.2, 0.25) is 54.4 Å². The van der Waals surface area contributed by atoms with Crippen molar-refractivity contribution < 1.29 is 32.3 Å². The molecule has 6 rings (SSSR count). The predicted molar refractivity (Wildman–Crippen MR) is 295 cm³/mol. The molecule has 386 valence electrons. The van der Waals surface area contributed by atoms with Gasteiger partial charge in [0.25, 0.3) is 0 Å². The van der Waals surface area contributed by atoms with Crippen LogP contribution in [0, 0.1) is 35.5 Å². The fourth-order valence-corrected chi connectivity index (χ4v) is 13.4.